The Morgan fingerprint density at radius 2 is 1.81 bits per heavy atom. The van der Waals surface area contributed by atoms with E-state index in [1.54, 1.807) is 37.3 Å². The largest absolute Gasteiger partial charge is 0.493 e. The van der Waals surface area contributed by atoms with Crippen LogP contribution in [0.25, 0.3) is 0 Å². The molecule has 1 fully saturated rings. The maximum atomic E-state index is 12.7. The summed E-state index contributed by atoms with van der Waals surface area (Å²) in [4.78, 5) is 26.7. The number of nitrogens with one attached hydrogen (secondary N) is 1. The molecule has 150 valence electrons. The minimum Gasteiger partial charge on any atom is -0.493 e. The maximum absolute atomic E-state index is 12.7. The van der Waals surface area contributed by atoms with E-state index in [1.165, 1.54) is 0 Å². The first-order chi connectivity index (χ1) is 12.8. The van der Waals surface area contributed by atoms with E-state index >= 15 is 0 Å². The lowest BCUT2D eigenvalue weighted by Gasteiger charge is -2.33. The standard InChI is InChI=1S/C20H31N3O4/c1-13(2)11-16(21)19(24)22-15-7-9-23(10-8-15)20(25)14-5-6-17(26-3)18(12-14)27-4/h5-6,12-13,15-16H,7-11,21H2,1-4H3,(H,22,24)/t16-/m0/s1. The molecule has 27 heavy (non-hydrogen) atoms. The molecule has 0 unspecified atom stereocenters. The number of rotatable bonds is 7. The van der Waals surface area contributed by atoms with Crippen LogP contribution in [0.5, 0.6) is 11.5 Å². The fraction of sp³-hybridized carbons (Fsp3) is 0.600. The molecule has 1 atom stereocenters. The van der Waals surface area contributed by atoms with E-state index in [0.717, 1.165) is 12.8 Å². The van der Waals surface area contributed by atoms with Crippen molar-refractivity contribution in [3.63, 3.8) is 0 Å². The van der Waals surface area contributed by atoms with E-state index in [0.29, 0.717) is 42.5 Å². The number of carbonyl (C=O) groups is 2. The van der Waals surface area contributed by atoms with Gasteiger partial charge in [-0.1, -0.05) is 13.8 Å². The average molecular weight is 377 g/mol. The zero-order chi connectivity index (χ0) is 20.0. The summed E-state index contributed by atoms with van der Waals surface area (Å²) in [7, 11) is 3.11. The van der Waals surface area contributed by atoms with E-state index in [-0.39, 0.29) is 17.9 Å². The van der Waals surface area contributed by atoms with Crippen LogP contribution >= 0.6 is 0 Å². The van der Waals surface area contributed by atoms with Crippen molar-refractivity contribution < 1.29 is 19.1 Å². The number of carbonyl (C=O) groups excluding carboxylic acids is 2. The molecule has 7 heteroatoms. The summed E-state index contributed by atoms with van der Waals surface area (Å²) in [6, 6.07) is 4.75. The lowest BCUT2D eigenvalue weighted by Crippen LogP contribution is -2.50. The lowest BCUT2D eigenvalue weighted by atomic mass is 10.0. The Morgan fingerprint density at radius 3 is 2.37 bits per heavy atom. The van der Waals surface area contributed by atoms with Gasteiger partial charge in [0.15, 0.2) is 11.5 Å². The third-order valence-corrected chi connectivity index (χ3v) is 4.82. The Bertz CT molecular complexity index is 655. The van der Waals surface area contributed by atoms with Gasteiger partial charge in [-0.15, -0.1) is 0 Å². The molecule has 1 aliphatic rings. The molecule has 1 aliphatic heterocycles. The third-order valence-electron chi connectivity index (χ3n) is 4.82. The fourth-order valence-corrected chi connectivity index (χ4v) is 3.30. The van der Waals surface area contributed by atoms with Gasteiger partial charge in [0.25, 0.3) is 5.91 Å². The second-order valence-corrected chi connectivity index (χ2v) is 7.38. The Hall–Kier alpha value is -2.28. The topological polar surface area (TPSA) is 93.9 Å². The van der Waals surface area contributed by atoms with Crippen LogP contribution in [0, 0.1) is 5.92 Å². The van der Waals surface area contributed by atoms with Crippen LogP contribution in [0.2, 0.25) is 0 Å². The van der Waals surface area contributed by atoms with Crippen molar-refractivity contribution in [3.05, 3.63) is 23.8 Å². The highest BCUT2D eigenvalue weighted by Crippen LogP contribution is 2.28. The van der Waals surface area contributed by atoms with Crippen LogP contribution < -0.4 is 20.5 Å². The Kier molecular flexibility index (Phi) is 7.47. The Morgan fingerprint density at radius 1 is 1.19 bits per heavy atom. The lowest BCUT2D eigenvalue weighted by molar-refractivity contribution is -0.123. The van der Waals surface area contributed by atoms with Crippen molar-refractivity contribution in [2.45, 2.75) is 45.2 Å². The first-order valence-corrected chi connectivity index (χ1v) is 9.43. The number of likely N-dealkylation sites (tertiary alicyclic amines) is 1. The average Bonchev–Trinajstić information content (AvgIpc) is 2.66. The highest BCUT2D eigenvalue weighted by molar-refractivity contribution is 5.95. The molecule has 7 nitrogen and oxygen atoms in total. The number of piperidine rings is 1. The predicted octanol–water partition coefficient (Wildman–Crippen LogP) is 1.80. The number of hydrogen-bond acceptors (Lipinski definition) is 5. The normalized spacial score (nSPS) is 16.1. The molecule has 1 aromatic rings. The zero-order valence-electron chi connectivity index (χ0n) is 16.7. The number of nitrogens with two attached hydrogens (primary N) is 1. The second kappa shape index (κ2) is 9.60. The molecule has 1 aromatic carbocycles. The van der Waals surface area contributed by atoms with Crippen molar-refractivity contribution in [3.8, 4) is 11.5 Å². The molecule has 0 aromatic heterocycles. The summed E-state index contributed by atoms with van der Waals surface area (Å²) in [6.45, 7) is 5.28. The smallest absolute Gasteiger partial charge is 0.253 e. The molecule has 0 bridgehead atoms. The quantitative estimate of drug-likeness (QED) is 0.756. The molecule has 0 aliphatic carbocycles. The van der Waals surface area contributed by atoms with Gasteiger partial charge in [0.1, 0.15) is 0 Å². The minimum atomic E-state index is -0.476. The van der Waals surface area contributed by atoms with Crippen LogP contribution in [-0.4, -0.2) is 56.1 Å². The molecule has 0 saturated carbocycles. The summed E-state index contributed by atoms with van der Waals surface area (Å²) in [5.74, 6) is 1.36. The van der Waals surface area contributed by atoms with Crippen molar-refractivity contribution in [1.29, 1.82) is 0 Å². The van der Waals surface area contributed by atoms with Crippen LogP contribution in [0.1, 0.15) is 43.5 Å². The zero-order valence-corrected chi connectivity index (χ0v) is 16.7. The molecule has 3 N–H and O–H groups in total. The van der Waals surface area contributed by atoms with Gasteiger partial charge in [0.2, 0.25) is 5.91 Å². The van der Waals surface area contributed by atoms with Gasteiger partial charge >= 0.3 is 0 Å². The minimum absolute atomic E-state index is 0.0442. The number of methoxy groups -OCH3 is 2. The van der Waals surface area contributed by atoms with Gasteiger partial charge in [-0.05, 0) is 43.4 Å². The van der Waals surface area contributed by atoms with E-state index in [9.17, 15) is 9.59 Å². The number of benzene rings is 1. The van der Waals surface area contributed by atoms with Gasteiger partial charge in [0, 0.05) is 24.7 Å². The molecule has 0 radical (unpaired) electrons. The highest BCUT2D eigenvalue weighted by atomic mass is 16.5. The number of nitrogens with zero attached hydrogens (tertiary/aromatic N) is 1. The monoisotopic (exact) mass is 377 g/mol. The SMILES string of the molecule is COc1ccc(C(=O)N2CCC(NC(=O)[C@@H](N)CC(C)C)CC2)cc1OC. The van der Waals surface area contributed by atoms with Gasteiger partial charge in [0.05, 0.1) is 20.3 Å². The molecular formula is C20H31N3O4. The molecule has 1 heterocycles. The van der Waals surface area contributed by atoms with E-state index in [4.69, 9.17) is 15.2 Å². The number of hydrogen-bond donors (Lipinski definition) is 2. The first-order valence-electron chi connectivity index (χ1n) is 9.43. The predicted molar refractivity (Wildman–Crippen MR) is 104 cm³/mol. The van der Waals surface area contributed by atoms with Crippen molar-refractivity contribution >= 4 is 11.8 Å². The first kappa shape index (κ1) is 21.0. The summed E-state index contributed by atoms with van der Waals surface area (Å²) < 4.78 is 10.5. The van der Waals surface area contributed by atoms with Crippen molar-refractivity contribution in [2.75, 3.05) is 27.3 Å². The molecular weight excluding hydrogens is 346 g/mol. The third kappa shape index (κ3) is 5.60. The number of ether oxygens (including phenoxy) is 2. The van der Waals surface area contributed by atoms with Crippen molar-refractivity contribution in [2.24, 2.45) is 11.7 Å². The Balaban J connectivity index is 1.90. The Labute approximate surface area is 161 Å². The second-order valence-electron chi connectivity index (χ2n) is 7.38. The summed E-state index contributed by atoms with van der Waals surface area (Å²) >= 11 is 0. The van der Waals surface area contributed by atoms with E-state index < -0.39 is 6.04 Å². The van der Waals surface area contributed by atoms with Crippen LogP contribution in [0.4, 0.5) is 0 Å². The van der Waals surface area contributed by atoms with E-state index in [2.05, 4.69) is 5.32 Å². The highest BCUT2D eigenvalue weighted by Gasteiger charge is 2.26. The summed E-state index contributed by atoms with van der Waals surface area (Å²) in [5.41, 5.74) is 6.50. The molecule has 1 saturated heterocycles. The van der Waals surface area contributed by atoms with Crippen molar-refractivity contribution in [1.82, 2.24) is 10.2 Å². The van der Waals surface area contributed by atoms with Gasteiger partial charge < -0.3 is 25.4 Å². The fourth-order valence-electron chi connectivity index (χ4n) is 3.30. The summed E-state index contributed by atoms with van der Waals surface area (Å²) in [6.07, 6.45) is 2.11. The van der Waals surface area contributed by atoms with Gasteiger partial charge in [-0.3, -0.25) is 9.59 Å². The van der Waals surface area contributed by atoms with Gasteiger partial charge in [-0.2, -0.15) is 0 Å². The summed E-state index contributed by atoms with van der Waals surface area (Å²) in [5, 5.41) is 3.02. The van der Waals surface area contributed by atoms with Crippen LogP contribution in [0.3, 0.4) is 0 Å². The van der Waals surface area contributed by atoms with Crippen LogP contribution in [0.15, 0.2) is 18.2 Å². The van der Waals surface area contributed by atoms with Gasteiger partial charge in [-0.25, -0.2) is 0 Å². The number of amides is 2. The molecule has 2 rings (SSSR count). The maximum Gasteiger partial charge on any atom is 0.253 e. The van der Waals surface area contributed by atoms with E-state index in [1.807, 2.05) is 13.8 Å². The molecule has 0 spiro atoms. The molecule has 2 amide bonds. The van der Waals surface area contributed by atoms with Crippen LogP contribution in [-0.2, 0) is 4.79 Å².